The molecule has 1 aromatic carbocycles. The summed E-state index contributed by atoms with van der Waals surface area (Å²) in [6, 6.07) is 12.0. The Labute approximate surface area is 124 Å². The molecule has 0 spiro atoms. The minimum absolute atomic E-state index is 0.459. The minimum atomic E-state index is 0.459. The van der Waals surface area contributed by atoms with Crippen molar-refractivity contribution >= 4 is 0 Å². The molecule has 2 unspecified atom stereocenters. The van der Waals surface area contributed by atoms with E-state index in [9.17, 15) is 0 Å². The third kappa shape index (κ3) is 3.81. The highest BCUT2D eigenvalue weighted by Gasteiger charge is 2.26. The molecule has 0 saturated carbocycles. The van der Waals surface area contributed by atoms with E-state index in [-0.39, 0.29) is 0 Å². The molecule has 0 radical (unpaired) electrons. The summed E-state index contributed by atoms with van der Waals surface area (Å²) in [5.41, 5.74) is 1.41. The van der Waals surface area contributed by atoms with Gasteiger partial charge in [0.2, 0.25) is 0 Å². The largest absolute Gasteiger partial charge is 0.318 e. The fraction of sp³-hybridized carbons (Fsp3) is 0.647. The molecule has 1 aromatic rings. The summed E-state index contributed by atoms with van der Waals surface area (Å²) in [6.07, 6.45) is 2.70. The highest BCUT2D eigenvalue weighted by molar-refractivity contribution is 5.19. The molecule has 3 nitrogen and oxygen atoms in total. The van der Waals surface area contributed by atoms with Gasteiger partial charge in [-0.25, -0.2) is 0 Å². The molecule has 1 N–H and O–H groups in total. The molecule has 1 heterocycles. The third-order valence-corrected chi connectivity index (χ3v) is 4.52. The van der Waals surface area contributed by atoms with Crippen LogP contribution in [0, 0.1) is 0 Å². The second-order valence-corrected chi connectivity index (χ2v) is 5.85. The molecule has 1 aliphatic heterocycles. The molecule has 0 aromatic heterocycles. The first-order valence-electron chi connectivity index (χ1n) is 7.90. The predicted molar refractivity (Wildman–Crippen MR) is 86.0 cm³/mol. The van der Waals surface area contributed by atoms with E-state index in [0.29, 0.717) is 6.04 Å². The number of likely N-dealkylation sites (tertiary alicyclic amines) is 1. The number of rotatable bonds is 7. The molecule has 0 bridgehead atoms. The van der Waals surface area contributed by atoms with Gasteiger partial charge in [0.05, 0.1) is 0 Å². The summed E-state index contributed by atoms with van der Waals surface area (Å²) in [7, 11) is 4.30. The van der Waals surface area contributed by atoms with Crippen LogP contribution >= 0.6 is 0 Å². The first-order chi connectivity index (χ1) is 9.76. The maximum absolute atomic E-state index is 3.34. The van der Waals surface area contributed by atoms with Crippen LogP contribution in [-0.4, -0.2) is 56.1 Å². The highest BCUT2D eigenvalue weighted by Crippen LogP contribution is 2.23. The van der Waals surface area contributed by atoms with Crippen LogP contribution in [0.25, 0.3) is 0 Å². The van der Waals surface area contributed by atoms with Gasteiger partial charge >= 0.3 is 0 Å². The summed E-state index contributed by atoms with van der Waals surface area (Å²) in [4.78, 5) is 5.14. The van der Waals surface area contributed by atoms with E-state index in [1.165, 1.54) is 31.5 Å². The third-order valence-electron chi connectivity index (χ3n) is 4.52. The van der Waals surface area contributed by atoms with Gasteiger partial charge in [0.25, 0.3) is 0 Å². The quantitative estimate of drug-likeness (QED) is 0.824. The van der Waals surface area contributed by atoms with E-state index in [1.807, 2.05) is 7.05 Å². The zero-order valence-corrected chi connectivity index (χ0v) is 13.2. The molecular formula is C17H29N3. The minimum Gasteiger partial charge on any atom is -0.318 e. The van der Waals surface area contributed by atoms with Crippen LogP contribution in [0.4, 0.5) is 0 Å². The van der Waals surface area contributed by atoms with E-state index in [2.05, 4.69) is 59.4 Å². The molecule has 1 fully saturated rings. The van der Waals surface area contributed by atoms with Gasteiger partial charge in [-0.15, -0.1) is 0 Å². The maximum Gasteiger partial charge on any atom is 0.0470 e. The summed E-state index contributed by atoms with van der Waals surface area (Å²) in [5, 5.41) is 3.34. The smallest absolute Gasteiger partial charge is 0.0470 e. The number of likely N-dealkylation sites (N-methyl/N-ethyl adjacent to an activating group) is 3. The number of nitrogens with zero attached hydrogens (tertiary/aromatic N) is 2. The lowest BCUT2D eigenvalue weighted by Gasteiger charge is -2.33. The Kier molecular flexibility index (Phi) is 6.02. The molecule has 20 heavy (non-hydrogen) atoms. The Bertz CT molecular complexity index is 379. The van der Waals surface area contributed by atoms with Crippen LogP contribution in [0.5, 0.6) is 0 Å². The van der Waals surface area contributed by atoms with E-state index >= 15 is 0 Å². The summed E-state index contributed by atoms with van der Waals surface area (Å²) < 4.78 is 0. The van der Waals surface area contributed by atoms with Crippen molar-refractivity contribution in [1.82, 2.24) is 15.1 Å². The Balaban J connectivity index is 2.02. The number of benzene rings is 1. The number of hydrogen-bond acceptors (Lipinski definition) is 3. The molecule has 0 amide bonds. The lowest BCUT2D eigenvalue weighted by molar-refractivity contribution is 0.162. The first kappa shape index (κ1) is 15.5. The first-order valence-corrected chi connectivity index (χ1v) is 7.90. The van der Waals surface area contributed by atoms with E-state index in [4.69, 9.17) is 0 Å². The average Bonchev–Trinajstić information content (AvgIpc) is 2.92. The van der Waals surface area contributed by atoms with E-state index < -0.39 is 0 Å². The monoisotopic (exact) mass is 275 g/mol. The molecule has 1 aliphatic rings. The van der Waals surface area contributed by atoms with Crippen LogP contribution in [0.15, 0.2) is 30.3 Å². The Hall–Kier alpha value is -0.900. The van der Waals surface area contributed by atoms with Crippen molar-refractivity contribution in [2.45, 2.75) is 31.8 Å². The number of nitrogens with one attached hydrogen (secondary N) is 1. The van der Waals surface area contributed by atoms with Crippen LogP contribution in [0.2, 0.25) is 0 Å². The summed E-state index contributed by atoms with van der Waals surface area (Å²) in [5.74, 6) is 0. The second-order valence-electron chi connectivity index (χ2n) is 5.85. The highest BCUT2D eigenvalue weighted by atomic mass is 15.2. The zero-order valence-electron chi connectivity index (χ0n) is 13.2. The van der Waals surface area contributed by atoms with Crippen molar-refractivity contribution in [3.8, 4) is 0 Å². The average molecular weight is 275 g/mol. The van der Waals surface area contributed by atoms with Crippen molar-refractivity contribution < 1.29 is 0 Å². The van der Waals surface area contributed by atoms with Gasteiger partial charge in [-0.05, 0) is 45.6 Å². The van der Waals surface area contributed by atoms with Crippen LogP contribution < -0.4 is 5.32 Å². The van der Waals surface area contributed by atoms with Crippen molar-refractivity contribution in [3.05, 3.63) is 35.9 Å². The molecule has 2 rings (SSSR count). The number of hydrogen-bond donors (Lipinski definition) is 1. The van der Waals surface area contributed by atoms with E-state index in [0.717, 1.165) is 19.1 Å². The molecular weight excluding hydrogens is 246 g/mol. The van der Waals surface area contributed by atoms with Crippen molar-refractivity contribution in [2.75, 3.05) is 40.3 Å². The van der Waals surface area contributed by atoms with Gasteiger partial charge in [-0.1, -0.05) is 37.3 Å². The van der Waals surface area contributed by atoms with Crippen molar-refractivity contribution in [2.24, 2.45) is 0 Å². The van der Waals surface area contributed by atoms with Gasteiger partial charge in [0.15, 0.2) is 0 Å². The van der Waals surface area contributed by atoms with Gasteiger partial charge in [0, 0.05) is 25.2 Å². The molecule has 112 valence electrons. The Morgan fingerprint density at radius 1 is 1.35 bits per heavy atom. The molecule has 0 aliphatic carbocycles. The topological polar surface area (TPSA) is 18.5 Å². The predicted octanol–water partition coefficient (Wildman–Crippen LogP) is 2.36. The molecule has 1 saturated heterocycles. The van der Waals surface area contributed by atoms with Gasteiger partial charge in [0.1, 0.15) is 0 Å². The lowest BCUT2D eigenvalue weighted by Crippen LogP contribution is -2.42. The SMILES string of the molecule is CCN1CCCC1CN(C)C(CNC)c1ccccc1. The Morgan fingerprint density at radius 2 is 2.10 bits per heavy atom. The van der Waals surface area contributed by atoms with Gasteiger partial charge < -0.3 is 5.32 Å². The lowest BCUT2D eigenvalue weighted by atomic mass is 10.0. The summed E-state index contributed by atoms with van der Waals surface area (Å²) >= 11 is 0. The van der Waals surface area contributed by atoms with Crippen LogP contribution in [0.1, 0.15) is 31.4 Å². The maximum atomic E-state index is 3.34. The fourth-order valence-electron chi connectivity index (χ4n) is 3.37. The van der Waals surface area contributed by atoms with Crippen molar-refractivity contribution in [1.29, 1.82) is 0 Å². The van der Waals surface area contributed by atoms with Crippen molar-refractivity contribution in [3.63, 3.8) is 0 Å². The van der Waals surface area contributed by atoms with Gasteiger partial charge in [-0.2, -0.15) is 0 Å². The van der Waals surface area contributed by atoms with Crippen LogP contribution in [0.3, 0.4) is 0 Å². The molecule has 3 heteroatoms. The summed E-state index contributed by atoms with van der Waals surface area (Å²) in [6.45, 7) is 6.90. The van der Waals surface area contributed by atoms with E-state index in [1.54, 1.807) is 0 Å². The Morgan fingerprint density at radius 3 is 2.75 bits per heavy atom. The fourth-order valence-corrected chi connectivity index (χ4v) is 3.37. The van der Waals surface area contributed by atoms with Gasteiger partial charge in [-0.3, -0.25) is 9.80 Å². The second kappa shape index (κ2) is 7.77. The zero-order chi connectivity index (χ0) is 14.4. The normalized spacial score (nSPS) is 21.5. The standard InChI is InChI=1S/C17H29N3/c1-4-20-12-8-11-16(20)14-19(3)17(13-18-2)15-9-6-5-7-10-15/h5-7,9-10,16-18H,4,8,11-14H2,1-3H3. The molecule has 2 atom stereocenters. The van der Waals surface area contributed by atoms with Crippen LogP contribution in [-0.2, 0) is 0 Å².